The Labute approximate surface area is 151 Å². The van der Waals surface area contributed by atoms with Crippen LogP contribution in [0.15, 0.2) is 30.6 Å². The minimum atomic E-state index is -0.905. The van der Waals surface area contributed by atoms with Crippen molar-refractivity contribution in [3.63, 3.8) is 0 Å². The van der Waals surface area contributed by atoms with Gasteiger partial charge in [0.25, 0.3) is 0 Å². The monoisotopic (exact) mass is 354 g/mol. The van der Waals surface area contributed by atoms with Crippen molar-refractivity contribution >= 4 is 11.5 Å². The van der Waals surface area contributed by atoms with E-state index in [1.165, 1.54) is 0 Å². The van der Waals surface area contributed by atoms with Crippen molar-refractivity contribution in [1.29, 1.82) is 0 Å². The van der Waals surface area contributed by atoms with Crippen LogP contribution in [0.2, 0.25) is 0 Å². The normalized spacial score (nSPS) is 16.8. The molecule has 0 bridgehead atoms. The second-order valence-electron chi connectivity index (χ2n) is 6.65. The maximum Gasteiger partial charge on any atom is 0.336 e. The van der Waals surface area contributed by atoms with Crippen LogP contribution in [0.1, 0.15) is 34.6 Å². The molecule has 0 saturated carbocycles. The third-order valence-corrected chi connectivity index (χ3v) is 5.27. The van der Waals surface area contributed by atoms with Crippen molar-refractivity contribution in [3.05, 3.63) is 47.4 Å². The van der Waals surface area contributed by atoms with Gasteiger partial charge < -0.3 is 14.2 Å². The average molecular weight is 354 g/mol. The molecule has 1 saturated heterocycles. The molecule has 4 rings (SSSR count). The van der Waals surface area contributed by atoms with Gasteiger partial charge in [0.05, 0.1) is 30.0 Å². The lowest BCUT2D eigenvalue weighted by Crippen LogP contribution is -2.39. The number of hydrogen-bond donors (Lipinski definition) is 2. The number of carboxylic acids is 1. The van der Waals surface area contributed by atoms with E-state index in [1.54, 1.807) is 12.3 Å². The Hall–Kier alpha value is -2.64. The maximum atomic E-state index is 11.9. The number of aromatic nitrogens is 3. The number of ether oxygens (including phenoxy) is 1. The summed E-state index contributed by atoms with van der Waals surface area (Å²) in [6.45, 7) is 7.12. The van der Waals surface area contributed by atoms with Crippen LogP contribution in [0.3, 0.4) is 0 Å². The fourth-order valence-corrected chi connectivity index (χ4v) is 3.87. The Bertz CT molecular complexity index is 940. The molecule has 1 unspecified atom stereocenters. The van der Waals surface area contributed by atoms with E-state index < -0.39 is 5.97 Å². The van der Waals surface area contributed by atoms with Crippen LogP contribution >= 0.6 is 0 Å². The maximum absolute atomic E-state index is 11.9. The van der Waals surface area contributed by atoms with Crippen molar-refractivity contribution in [1.82, 2.24) is 19.5 Å². The zero-order valence-electron chi connectivity index (χ0n) is 14.9. The van der Waals surface area contributed by atoms with Crippen molar-refractivity contribution in [2.45, 2.75) is 19.9 Å². The first kappa shape index (κ1) is 16.8. The molecule has 7 heteroatoms. The van der Waals surface area contributed by atoms with E-state index in [9.17, 15) is 9.90 Å². The molecule has 0 aromatic carbocycles. The van der Waals surface area contributed by atoms with E-state index in [4.69, 9.17) is 4.74 Å². The number of H-pyrrole nitrogens is 1. The Morgan fingerprint density at radius 3 is 2.77 bits per heavy atom. The summed E-state index contributed by atoms with van der Waals surface area (Å²) in [5.41, 5.74) is 4.83. The topological polar surface area (TPSA) is 82.9 Å². The minimum absolute atomic E-state index is 0.0858. The summed E-state index contributed by atoms with van der Waals surface area (Å²) in [7, 11) is 0. The van der Waals surface area contributed by atoms with Crippen molar-refractivity contribution in [3.8, 4) is 11.3 Å². The van der Waals surface area contributed by atoms with Gasteiger partial charge in [-0.2, -0.15) is 5.10 Å². The number of pyridine rings is 1. The van der Waals surface area contributed by atoms with Gasteiger partial charge >= 0.3 is 5.97 Å². The number of hydrogen-bond acceptors (Lipinski definition) is 4. The predicted molar refractivity (Wildman–Crippen MR) is 97.5 cm³/mol. The second-order valence-corrected chi connectivity index (χ2v) is 6.65. The number of morpholine rings is 1. The van der Waals surface area contributed by atoms with E-state index in [0.29, 0.717) is 18.8 Å². The molecule has 3 aromatic heterocycles. The lowest BCUT2D eigenvalue weighted by atomic mass is 10.0. The molecule has 0 radical (unpaired) electrons. The molecule has 1 aliphatic heterocycles. The number of carbonyl (C=O) groups is 1. The third-order valence-electron chi connectivity index (χ3n) is 5.27. The molecule has 0 spiro atoms. The molecule has 1 fully saturated rings. The molecule has 1 aliphatic rings. The Kier molecular flexibility index (Phi) is 4.26. The fourth-order valence-electron chi connectivity index (χ4n) is 3.87. The molecule has 1 atom stereocenters. The molecule has 7 nitrogen and oxygen atoms in total. The second kappa shape index (κ2) is 6.59. The van der Waals surface area contributed by atoms with Gasteiger partial charge in [-0.3, -0.25) is 10.00 Å². The summed E-state index contributed by atoms with van der Waals surface area (Å²) < 4.78 is 7.57. The first-order valence-corrected chi connectivity index (χ1v) is 8.77. The van der Waals surface area contributed by atoms with Crippen molar-refractivity contribution < 1.29 is 14.6 Å². The van der Waals surface area contributed by atoms with Gasteiger partial charge in [0, 0.05) is 42.8 Å². The van der Waals surface area contributed by atoms with Crippen LogP contribution < -0.4 is 0 Å². The van der Waals surface area contributed by atoms with Crippen LogP contribution in [0.4, 0.5) is 0 Å². The first-order valence-electron chi connectivity index (χ1n) is 8.77. The summed E-state index contributed by atoms with van der Waals surface area (Å²) in [6.07, 6.45) is 3.71. The van der Waals surface area contributed by atoms with Gasteiger partial charge in [0.15, 0.2) is 0 Å². The van der Waals surface area contributed by atoms with Crippen LogP contribution in [0.5, 0.6) is 0 Å². The standard InChI is InChI=1S/C19H22N4O3/c1-12-15(19(24)25)11-17-14(16-3-5-20-21-16)4-6-23(17)18(12)13(2)22-7-9-26-10-8-22/h3-6,11,13H,7-10H2,1-2H3,(H,20,21)(H,24,25). The number of nitrogens with zero attached hydrogens (tertiary/aromatic N) is 3. The zero-order valence-corrected chi connectivity index (χ0v) is 14.9. The lowest BCUT2D eigenvalue weighted by molar-refractivity contribution is 0.0187. The highest BCUT2D eigenvalue weighted by atomic mass is 16.5. The molecule has 0 aliphatic carbocycles. The van der Waals surface area contributed by atoms with E-state index >= 15 is 0 Å². The van der Waals surface area contributed by atoms with E-state index in [2.05, 4.69) is 26.4 Å². The van der Waals surface area contributed by atoms with Gasteiger partial charge in [-0.05, 0) is 37.6 Å². The molecular formula is C19H22N4O3. The highest BCUT2D eigenvalue weighted by Gasteiger charge is 2.26. The summed E-state index contributed by atoms with van der Waals surface area (Å²) in [5.74, 6) is -0.905. The van der Waals surface area contributed by atoms with E-state index in [-0.39, 0.29) is 6.04 Å². The number of aromatic carboxylic acids is 1. The Balaban J connectivity index is 1.92. The predicted octanol–water partition coefficient (Wildman–Crippen LogP) is 2.73. The average Bonchev–Trinajstić information content (AvgIpc) is 3.30. The van der Waals surface area contributed by atoms with Crippen LogP contribution in [0, 0.1) is 6.92 Å². The largest absolute Gasteiger partial charge is 0.478 e. The van der Waals surface area contributed by atoms with Gasteiger partial charge in [0.2, 0.25) is 0 Å². The summed E-state index contributed by atoms with van der Waals surface area (Å²) in [6, 6.07) is 5.73. The van der Waals surface area contributed by atoms with Crippen molar-refractivity contribution in [2.24, 2.45) is 0 Å². The number of aromatic amines is 1. The number of nitrogens with one attached hydrogen (secondary N) is 1. The number of rotatable bonds is 4. The SMILES string of the molecule is Cc1c(C(=O)O)cc2c(-c3ccn[nH]3)ccn2c1C(C)N1CCOCC1. The lowest BCUT2D eigenvalue weighted by Gasteiger charge is -2.34. The molecule has 3 aromatic rings. The van der Waals surface area contributed by atoms with Crippen LogP contribution in [-0.2, 0) is 4.74 Å². The van der Waals surface area contributed by atoms with E-state index in [0.717, 1.165) is 41.1 Å². The number of carboxylic acid groups (broad SMARTS) is 1. The van der Waals surface area contributed by atoms with Crippen LogP contribution in [-0.4, -0.2) is 56.9 Å². The summed E-state index contributed by atoms with van der Waals surface area (Å²) in [4.78, 5) is 14.2. The van der Waals surface area contributed by atoms with Gasteiger partial charge in [-0.1, -0.05) is 0 Å². The molecule has 136 valence electrons. The Morgan fingerprint density at radius 2 is 2.12 bits per heavy atom. The quantitative estimate of drug-likeness (QED) is 0.753. The van der Waals surface area contributed by atoms with Gasteiger partial charge in [-0.15, -0.1) is 0 Å². The highest BCUT2D eigenvalue weighted by Crippen LogP contribution is 2.33. The zero-order chi connectivity index (χ0) is 18.3. The van der Waals surface area contributed by atoms with Gasteiger partial charge in [-0.25, -0.2) is 4.79 Å². The molecule has 2 N–H and O–H groups in total. The van der Waals surface area contributed by atoms with Gasteiger partial charge in [0.1, 0.15) is 0 Å². The third kappa shape index (κ3) is 2.69. The Morgan fingerprint density at radius 1 is 1.35 bits per heavy atom. The smallest absolute Gasteiger partial charge is 0.336 e. The molecular weight excluding hydrogens is 332 g/mol. The van der Waals surface area contributed by atoms with Crippen molar-refractivity contribution in [2.75, 3.05) is 26.3 Å². The van der Waals surface area contributed by atoms with E-state index in [1.807, 2.05) is 25.3 Å². The minimum Gasteiger partial charge on any atom is -0.478 e. The molecule has 4 heterocycles. The fraction of sp³-hybridized carbons (Fsp3) is 0.368. The first-order chi connectivity index (χ1) is 12.6. The molecule has 26 heavy (non-hydrogen) atoms. The highest BCUT2D eigenvalue weighted by molar-refractivity contribution is 5.93. The van der Waals surface area contributed by atoms with Crippen LogP contribution in [0.25, 0.3) is 16.8 Å². The number of fused-ring (bicyclic) bond motifs is 1. The summed E-state index contributed by atoms with van der Waals surface area (Å²) >= 11 is 0. The molecule has 0 amide bonds. The summed E-state index contributed by atoms with van der Waals surface area (Å²) in [5, 5.41) is 16.7.